The highest BCUT2D eigenvalue weighted by Gasteiger charge is 2.18. The molecule has 0 spiro atoms. The van der Waals surface area contributed by atoms with Gasteiger partial charge in [-0.1, -0.05) is 18.2 Å². The molecule has 0 aliphatic carbocycles. The third-order valence-electron chi connectivity index (χ3n) is 4.98. The maximum atomic E-state index is 9.24. The molecule has 1 aromatic heterocycles. The molecule has 2 aromatic carbocycles. The molecule has 1 fully saturated rings. The van der Waals surface area contributed by atoms with Crippen molar-refractivity contribution in [3.63, 3.8) is 0 Å². The number of anilines is 2. The van der Waals surface area contributed by atoms with E-state index in [-0.39, 0.29) is 0 Å². The van der Waals surface area contributed by atoms with Crippen LogP contribution in [0.4, 0.5) is 11.5 Å². The summed E-state index contributed by atoms with van der Waals surface area (Å²) >= 11 is 0. The van der Waals surface area contributed by atoms with Crippen molar-refractivity contribution >= 4 is 22.3 Å². The lowest BCUT2D eigenvalue weighted by atomic mass is 9.98. The molecular formula is C22H22N4O. The number of morpholine rings is 1. The minimum absolute atomic E-state index is 0.655. The van der Waals surface area contributed by atoms with Gasteiger partial charge in [0, 0.05) is 50.0 Å². The van der Waals surface area contributed by atoms with Gasteiger partial charge < -0.3 is 14.5 Å². The Hall–Kier alpha value is -3.10. The Morgan fingerprint density at radius 1 is 1.07 bits per heavy atom. The van der Waals surface area contributed by atoms with E-state index in [0.717, 1.165) is 59.7 Å². The van der Waals surface area contributed by atoms with Crippen molar-refractivity contribution in [2.75, 3.05) is 50.2 Å². The Labute approximate surface area is 159 Å². The molecule has 0 saturated carbocycles. The SMILES string of the molecule is CN(C)c1ccc2c(-c3cccc(C#N)c3)cnc(N3CCOCC3)c2c1. The van der Waals surface area contributed by atoms with E-state index in [1.807, 2.05) is 44.6 Å². The molecule has 5 heteroatoms. The first-order valence-corrected chi connectivity index (χ1v) is 9.10. The van der Waals surface area contributed by atoms with Crippen molar-refractivity contribution in [3.8, 4) is 17.2 Å². The van der Waals surface area contributed by atoms with Crippen LogP contribution in [0.2, 0.25) is 0 Å². The van der Waals surface area contributed by atoms with Gasteiger partial charge in [-0.2, -0.15) is 5.26 Å². The number of pyridine rings is 1. The highest BCUT2D eigenvalue weighted by Crippen LogP contribution is 2.35. The lowest BCUT2D eigenvalue weighted by molar-refractivity contribution is 0.122. The van der Waals surface area contributed by atoms with Gasteiger partial charge in [-0.25, -0.2) is 4.98 Å². The molecule has 0 unspecified atom stereocenters. The number of hydrogen-bond donors (Lipinski definition) is 0. The van der Waals surface area contributed by atoms with Gasteiger partial charge in [-0.3, -0.25) is 0 Å². The van der Waals surface area contributed by atoms with Crippen molar-refractivity contribution in [1.29, 1.82) is 5.26 Å². The number of rotatable bonds is 3. The quantitative estimate of drug-likeness (QED) is 0.715. The molecule has 4 rings (SSSR count). The second kappa shape index (κ2) is 7.26. The number of nitriles is 1. The van der Waals surface area contributed by atoms with E-state index in [1.54, 1.807) is 0 Å². The summed E-state index contributed by atoms with van der Waals surface area (Å²) in [5, 5.41) is 11.5. The van der Waals surface area contributed by atoms with Crippen molar-refractivity contribution in [1.82, 2.24) is 4.98 Å². The Morgan fingerprint density at radius 3 is 2.63 bits per heavy atom. The van der Waals surface area contributed by atoms with Crippen molar-refractivity contribution in [3.05, 3.63) is 54.2 Å². The summed E-state index contributed by atoms with van der Waals surface area (Å²) in [6.45, 7) is 3.14. The zero-order chi connectivity index (χ0) is 18.8. The van der Waals surface area contributed by atoms with E-state index < -0.39 is 0 Å². The van der Waals surface area contributed by atoms with Crippen LogP contribution >= 0.6 is 0 Å². The number of benzene rings is 2. The topological polar surface area (TPSA) is 52.4 Å². The molecule has 0 atom stereocenters. The summed E-state index contributed by atoms with van der Waals surface area (Å²) in [6.07, 6.45) is 1.93. The van der Waals surface area contributed by atoms with Crippen LogP contribution in [0.25, 0.3) is 21.9 Å². The number of aromatic nitrogens is 1. The smallest absolute Gasteiger partial charge is 0.136 e. The van der Waals surface area contributed by atoms with E-state index in [0.29, 0.717) is 5.56 Å². The number of ether oxygens (including phenoxy) is 1. The Morgan fingerprint density at radius 2 is 1.89 bits per heavy atom. The molecular weight excluding hydrogens is 336 g/mol. The molecule has 0 radical (unpaired) electrons. The Bertz CT molecular complexity index is 1020. The zero-order valence-electron chi connectivity index (χ0n) is 15.6. The molecule has 27 heavy (non-hydrogen) atoms. The van der Waals surface area contributed by atoms with Crippen LogP contribution in [0.15, 0.2) is 48.7 Å². The first-order chi connectivity index (χ1) is 13.2. The summed E-state index contributed by atoms with van der Waals surface area (Å²) in [4.78, 5) is 9.23. The fraction of sp³-hybridized carbons (Fsp3) is 0.273. The minimum atomic E-state index is 0.655. The predicted molar refractivity (Wildman–Crippen MR) is 109 cm³/mol. The van der Waals surface area contributed by atoms with Crippen LogP contribution < -0.4 is 9.80 Å². The molecule has 1 aliphatic heterocycles. The molecule has 3 aromatic rings. The zero-order valence-corrected chi connectivity index (χ0v) is 15.6. The lowest BCUT2D eigenvalue weighted by Gasteiger charge is -2.29. The van der Waals surface area contributed by atoms with E-state index >= 15 is 0 Å². The van der Waals surface area contributed by atoms with Crippen molar-refractivity contribution in [2.24, 2.45) is 0 Å². The monoisotopic (exact) mass is 358 g/mol. The van der Waals surface area contributed by atoms with E-state index in [9.17, 15) is 5.26 Å². The molecule has 1 aliphatic rings. The van der Waals surface area contributed by atoms with Gasteiger partial charge in [0.15, 0.2) is 0 Å². The summed E-state index contributed by atoms with van der Waals surface area (Å²) < 4.78 is 5.51. The fourth-order valence-electron chi connectivity index (χ4n) is 3.51. The summed E-state index contributed by atoms with van der Waals surface area (Å²) in [5.74, 6) is 0.997. The summed E-state index contributed by atoms with van der Waals surface area (Å²) in [7, 11) is 4.09. The number of fused-ring (bicyclic) bond motifs is 1. The molecule has 5 nitrogen and oxygen atoms in total. The lowest BCUT2D eigenvalue weighted by Crippen LogP contribution is -2.36. The van der Waals surface area contributed by atoms with Gasteiger partial charge in [0.1, 0.15) is 5.82 Å². The average Bonchev–Trinajstić information content (AvgIpc) is 2.73. The molecule has 0 amide bonds. The second-order valence-corrected chi connectivity index (χ2v) is 6.91. The fourth-order valence-corrected chi connectivity index (χ4v) is 3.51. The largest absolute Gasteiger partial charge is 0.378 e. The van der Waals surface area contributed by atoms with Crippen LogP contribution in [-0.2, 0) is 4.74 Å². The summed E-state index contributed by atoms with van der Waals surface area (Å²) in [5.41, 5.74) is 3.85. The summed E-state index contributed by atoms with van der Waals surface area (Å²) in [6, 6.07) is 16.4. The van der Waals surface area contributed by atoms with Gasteiger partial charge >= 0.3 is 0 Å². The first kappa shape index (κ1) is 17.3. The van der Waals surface area contributed by atoms with E-state index in [2.05, 4.69) is 34.1 Å². The number of nitrogens with zero attached hydrogens (tertiary/aromatic N) is 4. The van der Waals surface area contributed by atoms with Crippen LogP contribution in [-0.4, -0.2) is 45.4 Å². The third kappa shape index (κ3) is 3.32. The Balaban J connectivity index is 1.92. The average molecular weight is 358 g/mol. The first-order valence-electron chi connectivity index (χ1n) is 9.10. The molecule has 0 bridgehead atoms. The number of hydrogen-bond acceptors (Lipinski definition) is 5. The van der Waals surface area contributed by atoms with Gasteiger partial charge in [-0.15, -0.1) is 0 Å². The maximum absolute atomic E-state index is 9.24. The molecule has 1 saturated heterocycles. The third-order valence-corrected chi connectivity index (χ3v) is 4.98. The van der Waals surface area contributed by atoms with Crippen LogP contribution in [0.3, 0.4) is 0 Å². The van der Waals surface area contributed by atoms with Crippen molar-refractivity contribution < 1.29 is 4.74 Å². The minimum Gasteiger partial charge on any atom is -0.378 e. The van der Waals surface area contributed by atoms with Gasteiger partial charge in [0.05, 0.1) is 24.8 Å². The Kier molecular flexibility index (Phi) is 4.66. The highest BCUT2D eigenvalue weighted by molar-refractivity contribution is 6.03. The normalized spacial score (nSPS) is 14.2. The van der Waals surface area contributed by atoms with Crippen LogP contribution in [0.1, 0.15) is 5.56 Å². The van der Waals surface area contributed by atoms with Gasteiger partial charge in [-0.05, 0) is 35.2 Å². The molecule has 136 valence electrons. The maximum Gasteiger partial charge on any atom is 0.136 e. The van der Waals surface area contributed by atoms with Crippen molar-refractivity contribution in [2.45, 2.75) is 0 Å². The molecule has 2 heterocycles. The van der Waals surface area contributed by atoms with Gasteiger partial charge in [0.25, 0.3) is 0 Å². The van der Waals surface area contributed by atoms with E-state index in [4.69, 9.17) is 9.72 Å². The highest BCUT2D eigenvalue weighted by atomic mass is 16.5. The predicted octanol–water partition coefficient (Wildman–Crippen LogP) is 3.68. The second-order valence-electron chi connectivity index (χ2n) is 6.91. The van der Waals surface area contributed by atoms with E-state index in [1.165, 1.54) is 0 Å². The van der Waals surface area contributed by atoms with Gasteiger partial charge in [0.2, 0.25) is 0 Å². The standard InChI is InChI=1S/C22H22N4O/c1-25(2)18-6-7-19-20(13-18)22(26-8-10-27-11-9-26)24-15-21(19)17-5-3-4-16(12-17)14-23/h3-7,12-13,15H,8-11H2,1-2H3. The van der Waals surface area contributed by atoms with Crippen LogP contribution in [0, 0.1) is 11.3 Å². The van der Waals surface area contributed by atoms with Crippen LogP contribution in [0.5, 0.6) is 0 Å². The molecule has 0 N–H and O–H groups in total.